The highest BCUT2D eigenvalue weighted by atomic mass is 32.2. The summed E-state index contributed by atoms with van der Waals surface area (Å²) in [7, 11) is -4.41. The molecule has 0 heterocycles. The van der Waals surface area contributed by atoms with Gasteiger partial charge in [0.2, 0.25) is 9.84 Å². The first kappa shape index (κ1) is 20.6. The molecule has 3 rings (SSSR count). The van der Waals surface area contributed by atoms with Crippen LogP contribution in [0.25, 0.3) is 0 Å². The van der Waals surface area contributed by atoms with Crippen molar-refractivity contribution >= 4 is 32.8 Å². The molecule has 0 unspecified atom stereocenters. The van der Waals surface area contributed by atoms with Crippen LogP contribution in [0, 0.1) is 20.2 Å². The van der Waals surface area contributed by atoms with Crippen LogP contribution in [0.2, 0.25) is 0 Å². The molecule has 1 amide bonds. The van der Waals surface area contributed by atoms with Crippen molar-refractivity contribution in [2.24, 2.45) is 0 Å². The average Bonchev–Trinajstić information content (AvgIpc) is 2.73. The van der Waals surface area contributed by atoms with Crippen LogP contribution in [-0.2, 0) is 9.84 Å². The van der Waals surface area contributed by atoms with Gasteiger partial charge in [0.05, 0.1) is 20.3 Å². The van der Waals surface area contributed by atoms with Gasteiger partial charge in [-0.3, -0.25) is 25.0 Å². The third-order valence-electron chi connectivity index (χ3n) is 4.09. The van der Waals surface area contributed by atoms with Gasteiger partial charge in [0.25, 0.3) is 17.3 Å². The Bertz CT molecular complexity index is 1270. The van der Waals surface area contributed by atoms with E-state index in [1.165, 1.54) is 48.5 Å². The molecule has 0 saturated heterocycles. The van der Waals surface area contributed by atoms with Crippen LogP contribution in [0.1, 0.15) is 10.4 Å². The number of nitrogens with one attached hydrogen (secondary N) is 1. The summed E-state index contributed by atoms with van der Waals surface area (Å²) in [6, 6.07) is 15.2. The molecule has 1 N–H and O–H groups in total. The van der Waals surface area contributed by atoms with Crippen LogP contribution in [-0.4, -0.2) is 24.2 Å². The molecule has 152 valence electrons. The zero-order valence-electron chi connectivity index (χ0n) is 15.1. The van der Waals surface area contributed by atoms with Gasteiger partial charge >= 0.3 is 0 Å². The number of rotatable bonds is 6. The maximum absolute atomic E-state index is 13.1. The fourth-order valence-corrected chi connectivity index (χ4v) is 4.36. The van der Waals surface area contributed by atoms with E-state index >= 15 is 0 Å². The third kappa shape index (κ3) is 4.00. The van der Waals surface area contributed by atoms with Crippen molar-refractivity contribution in [1.29, 1.82) is 0 Å². The van der Waals surface area contributed by atoms with E-state index in [1.807, 2.05) is 0 Å². The Morgan fingerprint density at radius 2 is 1.43 bits per heavy atom. The summed E-state index contributed by atoms with van der Waals surface area (Å²) in [6.07, 6.45) is 0. The molecule has 0 radical (unpaired) electrons. The number of nitro benzene ring substituents is 2. The summed E-state index contributed by atoms with van der Waals surface area (Å²) in [5, 5.41) is 24.6. The molecular weight excluding hydrogens is 414 g/mol. The average molecular weight is 427 g/mol. The third-order valence-corrected chi connectivity index (χ3v) is 5.95. The maximum Gasteiger partial charge on any atom is 0.288 e. The van der Waals surface area contributed by atoms with Crippen LogP contribution in [0.15, 0.2) is 82.6 Å². The smallest absolute Gasteiger partial charge is 0.288 e. The quantitative estimate of drug-likeness (QED) is 0.466. The summed E-state index contributed by atoms with van der Waals surface area (Å²) < 4.78 is 26.2. The van der Waals surface area contributed by atoms with Gasteiger partial charge in [-0.05, 0) is 24.3 Å². The highest BCUT2D eigenvalue weighted by Crippen LogP contribution is 2.31. The molecule has 0 aliphatic rings. The van der Waals surface area contributed by atoms with E-state index in [1.54, 1.807) is 0 Å². The van der Waals surface area contributed by atoms with Crippen molar-refractivity contribution in [3.05, 3.63) is 98.6 Å². The highest BCUT2D eigenvalue weighted by molar-refractivity contribution is 7.91. The summed E-state index contributed by atoms with van der Waals surface area (Å²) >= 11 is 0. The largest absolute Gasteiger partial charge is 0.322 e. The first-order valence-corrected chi connectivity index (χ1v) is 9.83. The molecule has 0 atom stereocenters. The minimum Gasteiger partial charge on any atom is -0.322 e. The highest BCUT2D eigenvalue weighted by Gasteiger charge is 2.30. The van der Waals surface area contributed by atoms with E-state index in [0.29, 0.717) is 0 Å². The molecule has 0 aromatic heterocycles. The van der Waals surface area contributed by atoms with Crippen molar-refractivity contribution in [3.63, 3.8) is 0 Å². The number of para-hydroxylation sites is 1. The number of carbonyl (C=O) groups is 1. The summed E-state index contributed by atoms with van der Waals surface area (Å²) in [5.74, 6) is -0.840. The summed E-state index contributed by atoms with van der Waals surface area (Å²) in [6.45, 7) is 0. The van der Waals surface area contributed by atoms with Crippen LogP contribution >= 0.6 is 0 Å². The predicted octanol–water partition coefficient (Wildman–Crippen LogP) is 3.59. The fourth-order valence-electron chi connectivity index (χ4n) is 2.74. The van der Waals surface area contributed by atoms with E-state index < -0.39 is 41.1 Å². The molecule has 0 aliphatic carbocycles. The Morgan fingerprint density at radius 1 is 0.800 bits per heavy atom. The lowest BCUT2D eigenvalue weighted by Gasteiger charge is -2.11. The first-order valence-electron chi connectivity index (χ1n) is 8.35. The van der Waals surface area contributed by atoms with Crippen molar-refractivity contribution in [1.82, 2.24) is 0 Å². The molecule has 30 heavy (non-hydrogen) atoms. The van der Waals surface area contributed by atoms with Gasteiger partial charge in [0.1, 0.15) is 4.90 Å². The molecule has 0 spiro atoms. The zero-order chi connectivity index (χ0) is 21.9. The normalized spacial score (nSPS) is 10.9. The molecule has 0 fully saturated rings. The van der Waals surface area contributed by atoms with Gasteiger partial charge in [-0.2, -0.15) is 0 Å². The topological polar surface area (TPSA) is 150 Å². The fraction of sp³-hybridized carbons (Fsp3) is 0. The molecular formula is C19H13N3O7S. The van der Waals surface area contributed by atoms with Gasteiger partial charge in [0.15, 0.2) is 0 Å². The van der Waals surface area contributed by atoms with Gasteiger partial charge in [-0.15, -0.1) is 0 Å². The second-order valence-electron chi connectivity index (χ2n) is 5.99. The lowest BCUT2D eigenvalue weighted by molar-refractivity contribution is -0.387. The zero-order valence-corrected chi connectivity index (χ0v) is 15.9. The Balaban J connectivity index is 2.05. The van der Waals surface area contributed by atoms with Crippen molar-refractivity contribution in [2.75, 3.05) is 5.32 Å². The van der Waals surface area contributed by atoms with E-state index in [4.69, 9.17) is 0 Å². The standard InChI is InChI=1S/C19H13N3O7S/c23-19(20-13-6-5-7-14(12-13)21(24)25)15-8-1-3-10-17(15)30(28,29)18-11-4-2-9-16(18)22(26)27/h1-12H,(H,20,23). The van der Waals surface area contributed by atoms with Gasteiger partial charge < -0.3 is 5.32 Å². The second-order valence-corrected chi connectivity index (χ2v) is 7.87. The number of amides is 1. The number of anilines is 1. The second kappa shape index (κ2) is 8.09. The van der Waals surface area contributed by atoms with E-state index in [2.05, 4.69) is 5.32 Å². The number of nitrogens with zero attached hydrogens (tertiary/aromatic N) is 2. The van der Waals surface area contributed by atoms with Crippen LogP contribution < -0.4 is 5.32 Å². The summed E-state index contributed by atoms with van der Waals surface area (Å²) in [5.41, 5.74) is -1.05. The van der Waals surface area contributed by atoms with Crippen molar-refractivity contribution in [2.45, 2.75) is 9.79 Å². The van der Waals surface area contributed by atoms with E-state index in [0.717, 1.165) is 24.3 Å². The number of nitro groups is 2. The van der Waals surface area contributed by atoms with Crippen LogP contribution in [0.5, 0.6) is 0 Å². The Hall–Kier alpha value is -4.12. The number of sulfone groups is 1. The van der Waals surface area contributed by atoms with Crippen LogP contribution in [0.3, 0.4) is 0 Å². The Kier molecular flexibility index (Phi) is 5.56. The van der Waals surface area contributed by atoms with E-state index in [9.17, 15) is 33.4 Å². The van der Waals surface area contributed by atoms with E-state index in [-0.39, 0.29) is 16.9 Å². The predicted molar refractivity (Wildman–Crippen MR) is 106 cm³/mol. The number of non-ortho nitro benzene ring substituents is 1. The minimum atomic E-state index is -4.41. The number of hydrogen-bond acceptors (Lipinski definition) is 7. The molecule has 11 heteroatoms. The number of carbonyl (C=O) groups excluding carboxylic acids is 1. The molecule has 3 aromatic rings. The summed E-state index contributed by atoms with van der Waals surface area (Å²) in [4.78, 5) is 32.4. The minimum absolute atomic E-state index is 0.0899. The lowest BCUT2D eigenvalue weighted by atomic mass is 10.2. The first-order chi connectivity index (χ1) is 14.2. The maximum atomic E-state index is 13.1. The molecule has 3 aromatic carbocycles. The monoisotopic (exact) mass is 427 g/mol. The molecule has 0 bridgehead atoms. The molecule has 0 aliphatic heterocycles. The number of hydrogen-bond donors (Lipinski definition) is 1. The van der Waals surface area contributed by atoms with Crippen LogP contribution in [0.4, 0.5) is 17.1 Å². The van der Waals surface area contributed by atoms with Gasteiger partial charge in [-0.1, -0.05) is 30.3 Å². The Labute approximate surface area is 170 Å². The van der Waals surface area contributed by atoms with Crippen molar-refractivity contribution in [3.8, 4) is 0 Å². The van der Waals surface area contributed by atoms with Crippen molar-refractivity contribution < 1.29 is 23.1 Å². The van der Waals surface area contributed by atoms with Gasteiger partial charge in [-0.25, -0.2) is 8.42 Å². The number of benzene rings is 3. The SMILES string of the molecule is O=C(Nc1cccc([N+](=O)[O-])c1)c1ccccc1S(=O)(=O)c1ccccc1[N+](=O)[O-]. The lowest BCUT2D eigenvalue weighted by Crippen LogP contribution is -2.17. The Morgan fingerprint density at radius 3 is 2.10 bits per heavy atom. The molecule has 0 saturated carbocycles. The van der Waals surface area contributed by atoms with Gasteiger partial charge in [0, 0.05) is 23.9 Å². The molecule has 10 nitrogen and oxygen atoms in total.